The van der Waals surface area contributed by atoms with Crippen molar-refractivity contribution in [3.05, 3.63) is 34.7 Å². The average Bonchev–Trinajstić information content (AvgIpc) is 1.82. The molecule has 0 aliphatic heterocycles. The van der Waals surface area contributed by atoms with Gasteiger partial charge in [-0.3, -0.25) is 0 Å². The van der Waals surface area contributed by atoms with Crippen molar-refractivity contribution < 1.29 is 5.11 Å². The molecule has 0 unspecified atom stereocenters. The number of hydrogen-bond acceptors (Lipinski definition) is 1. The summed E-state index contributed by atoms with van der Waals surface area (Å²) < 4.78 is 0. The predicted octanol–water partition coefficient (Wildman–Crippen LogP) is 2.88. The van der Waals surface area contributed by atoms with Gasteiger partial charge in [0.1, 0.15) is 0 Å². The molecule has 0 bridgehead atoms. The first kappa shape index (κ1) is 7.70. The molecule has 0 saturated heterocycles. The van der Waals surface area contributed by atoms with Crippen LogP contribution >= 0.6 is 23.2 Å². The molecule has 1 aromatic rings. The molecule has 53 valence electrons. The molecule has 1 nitrogen and oxygen atoms in total. The number of phenols is 1. The summed E-state index contributed by atoms with van der Waals surface area (Å²) in [4.78, 5) is 0. The fourth-order valence-electron chi connectivity index (χ4n) is 0.618. The van der Waals surface area contributed by atoms with Gasteiger partial charge in [0.15, 0.2) is 5.75 Å². The summed E-state index contributed by atoms with van der Waals surface area (Å²) in [6.07, 6.45) is 0. The molecule has 0 saturated carbocycles. The molecule has 1 rings (SSSR count). The van der Waals surface area contributed by atoms with Crippen LogP contribution in [0.1, 0.15) is 5.56 Å². The maximum atomic E-state index is 9.04. The first-order chi connectivity index (χ1) is 4.61. The van der Waals surface area contributed by atoms with Gasteiger partial charge in [0, 0.05) is 0 Å². The number of hydrogen-bond donors (Lipinski definition) is 1. The molecule has 0 heterocycles. The number of phenolic OH excluding ortho intramolecular Hbond substituents is 1. The summed E-state index contributed by atoms with van der Waals surface area (Å²) in [5, 5.41) is 9.51. The van der Waals surface area contributed by atoms with E-state index in [9.17, 15) is 0 Å². The van der Waals surface area contributed by atoms with Crippen LogP contribution in [0.3, 0.4) is 0 Å². The third-order valence-electron chi connectivity index (χ3n) is 1.08. The van der Waals surface area contributed by atoms with Crippen molar-refractivity contribution in [1.82, 2.24) is 0 Å². The zero-order chi connectivity index (χ0) is 7.72. The Bertz CT molecular complexity index is 235. The van der Waals surface area contributed by atoms with Crippen LogP contribution in [0, 0.1) is 6.92 Å². The Morgan fingerprint density at radius 2 is 1.60 bits per heavy atom. The minimum absolute atomic E-state index is 0.0873. The molecule has 10 heavy (non-hydrogen) atoms. The topological polar surface area (TPSA) is 20.2 Å². The van der Waals surface area contributed by atoms with Crippen molar-refractivity contribution in [2.75, 3.05) is 0 Å². The second-order valence-electron chi connectivity index (χ2n) is 1.91. The lowest BCUT2D eigenvalue weighted by molar-refractivity contribution is 0.476. The summed E-state index contributed by atoms with van der Waals surface area (Å²) in [6, 6.07) is 3.09. The molecule has 0 atom stereocenters. The van der Waals surface area contributed by atoms with Crippen LogP contribution in [-0.2, 0) is 0 Å². The first-order valence-corrected chi connectivity index (χ1v) is 3.37. The highest BCUT2D eigenvalue weighted by atomic mass is 35.5. The lowest BCUT2D eigenvalue weighted by Gasteiger charge is -1.99. The minimum atomic E-state index is -0.0873. The predicted molar refractivity (Wildman–Crippen MR) is 42.6 cm³/mol. The van der Waals surface area contributed by atoms with Crippen molar-refractivity contribution in [1.29, 1.82) is 0 Å². The van der Waals surface area contributed by atoms with Crippen LogP contribution in [0.4, 0.5) is 0 Å². The van der Waals surface area contributed by atoms with E-state index >= 15 is 0 Å². The Labute approximate surface area is 69.2 Å². The molecule has 1 radical (unpaired) electrons. The quantitative estimate of drug-likeness (QED) is 0.644. The van der Waals surface area contributed by atoms with E-state index in [4.69, 9.17) is 28.3 Å². The minimum Gasteiger partial charge on any atom is -0.505 e. The monoisotopic (exact) mass is 175 g/mol. The highest BCUT2D eigenvalue weighted by Gasteiger charge is 2.02. The molecule has 0 aliphatic carbocycles. The van der Waals surface area contributed by atoms with Gasteiger partial charge in [-0.15, -0.1) is 0 Å². The fourth-order valence-corrected chi connectivity index (χ4v) is 1.15. The molecule has 0 aromatic heterocycles. The number of benzene rings is 1. The smallest absolute Gasteiger partial charge is 0.152 e. The van der Waals surface area contributed by atoms with Gasteiger partial charge in [0.05, 0.1) is 10.0 Å². The third-order valence-corrected chi connectivity index (χ3v) is 1.65. The van der Waals surface area contributed by atoms with Gasteiger partial charge >= 0.3 is 0 Å². The fraction of sp³-hybridized carbons (Fsp3) is 0. The highest BCUT2D eigenvalue weighted by molar-refractivity contribution is 6.37. The molecule has 1 N–H and O–H groups in total. The molecule has 3 heteroatoms. The van der Waals surface area contributed by atoms with Gasteiger partial charge in [-0.05, 0) is 24.6 Å². The van der Waals surface area contributed by atoms with E-state index in [0.717, 1.165) is 0 Å². The van der Waals surface area contributed by atoms with Crippen LogP contribution in [-0.4, -0.2) is 5.11 Å². The van der Waals surface area contributed by atoms with Crippen molar-refractivity contribution in [3.8, 4) is 5.75 Å². The second-order valence-corrected chi connectivity index (χ2v) is 2.72. The van der Waals surface area contributed by atoms with Crippen LogP contribution in [0.2, 0.25) is 10.0 Å². The average molecular weight is 176 g/mol. The van der Waals surface area contributed by atoms with Crippen molar-refractivity contribution in [3.63, 3.8) is 0 Å². The van der Waals surface area contributed by atoms with E-state index in [0.29, 0.717) is 5.56 Å². The molecular weight excluding hydrogens is 171 g/mol. The second kappa shape index (κ2) is 2.69. The van der Waals surface area contributed by atoms with Crippen molar-refractivity contribution in [2.24, 2.45) is 0 Å². The van der Waals surface area contributed by atoms with E-state index in [2.05, 4.69) is 6.92 Å². The Morgan fingerprint density at radius 1 is 1.20 bits per heavy atom. The van der Waals surface area contributed by atoms with Crippen LogP contribution in [0.15, 0.2) is 12.1 Å². The van der Waals surface area contributed by atoms with E-state index in [1.54, 1.807) is 12.1 Å². The van der Waals surface area contributed by atoms with Crippen LogP contribution < -0.4 is 0 Å². The van der Waals surface area contributed by atoms with Crippen molar-refractivity contribution >= 4 is 23.2 Å². The number of aromatic hydroxyl groups is 1. The zero-order valence-corrected chi connectivity index (χ0v) is 6.58. The summed E-state index contributed by atoms with van der Waals surface area (Å²) in [5.74, 6) is -0.0873. The van der Waals surface area contributed by atoms with Gasteiger partial charge in [-0.1, -0.05) is 23.2 Å². The van der Waals surface area contributed by atoms with Crippen molar-refractivity contribution in [2.45, 2.75) is 0 Å². The number of rotatable bonds is 0. The summed E-state index contributed by atoms with van der Waals surface area (Å²) in [5.41, 5.74) is 0.688. The third kappa shape index (κ3) is 1.36. The van der Waals surface area contributed by atoms with Crippen LogP contribution in [0.5, 0.6) is 5.75 Å². The van der Waals surface area contributed by atoms with Gasteiger partial charge in [0.2, 0.25) is 0 Å². The Hall–Kier alpha value is -0.400. The molecule has 0 spiro atoms. The standard InChI is InChI=1S/C7H5Cl2O/c1-4-2-5(8)7(10)6(9)3-4/h2-3,10H,1H2. The zero-order valence-electron chi connectivity index (χ0n) is 5.06. The van der Waals surface area contributed by atoms with E-state index in [-0.39, 0.29) is 15.8 Å². The number of halogens is 2. The Kier molecular flexibility index (Phi) is 2.07. The summed E-state index contributed by atoms with van der Waals surface area (Å²) in [6.45, 7) is 3.60. The summed E-state index contributed by atoms with van der Waals surface area (Å²) >= 11 is 11.1. The van der Waals surface area contributed by atoms with Crippen LogP contribution in [0.25, 0.3) is 0 Å². The largest absolute Gasteiger partial charge is 0.505 e. The molecule has 1 aromatic carbocycles. The van der Waals surface area contributed by atoms with Gasteiger partial charge in [-0.2, -0.15) is 0 Å². The molecule has 0 fully saturated rings. The normalized spacial score (nSPS) is 9.90. The van der Waals surface area contributed by atoms with E-state index in [1.165, 1.54) is 0 Å². The molecule has 0 amide bonds. The van der Waals surface area contributed by atoms with Gasteiger partial charge < -0.3 is 5.11 Å². The molecular formula is C7H5Cl2O. The Balaban J connectivity index is 3.31. The maximum absolute atomic E-state index is 9.04. The highest BCUT2D eigenvalue weighted by Crippen LogP contribution is 2.32. The van der Waals surface area contributed by atoms with Gasteiger partial charge in [-0.25, -0.2) is 0 Å². The molecule has 0 aliphatic rings. The SMILES string of the molecule is [CH2]c1cc(Cl)c(O)c(Cl)c1. The van der Waals surface area contributed by atoms with E-state index in [1.807, 2.05) is 0 Å². The lowest BCUT2D eigenvalue weighted by atomic mass is 10.2. The summed E-state index contributed by atoms with van der Waals surface area (Å²) in [7, 11) is 0. The lowest BCUT2D eigenvalue weighted by Crippen LogP contribution is -1.74. The van der Waals surface area contributed by atoms with Gasteiger partial charge in [0.25, 0.3) is 0 Å². The van der Waals surface area contributed by atoms with E-state index < -0.39 is 0 Å². The first-order valence-electron chi connectivity index (χ1n) is 2.61. The maximum Gasteiger partial charge on any atom is 0.152 e. The Morgan fingerprint density at radius 3 is 2.00 bits per heavy atom.